The van der Waals surface area contributed by atoms with E-state index in [0.29, 0.717) is 16.5 Å². The van der Waals surface area contributed by atoms with Gasteiger partial charge in [-0.2, -0.15) is 0 Å². The lowest BCUT2D eigenvalue weighted by molar-refractivity contribution is -0.153. The van der Waals surface area contributed by atoms with Crippen LogP contribution in [0.25, 0.3) is 0 Å². The summed E-state index contributed by atoms with van der Waals surface area (Å²) in [6.07, 6.45) is 4.71. The molecule has 2 aliphatic rings. The number of nitrogens with one attached hydrogen (secondary N) is 2. The first kappa shape index (κ1) is 24.4. The molecule has 0 spiro atoms. The molecule has 3 rings (SSSR count). The van der Waals surface area contributed by atoms with E-state index in [1.807, 2.05) is 32.2 Å². The quantitative estimate of drug-likeness (QED) is 0.509. The Bertz CT molecular complexity index is 927. The highest BCUT2D eigenvalue weighted by Crippen LogP contribution is 2.32. The summed E-state index contributed by atoms with van der Waals surface area (Å²) in [4.78, 5) is 47.8. The second kappa shape index (κ2) is 10.6. The normalized spacial score (nSPS) is 27.3. The van der Waals surface area contributed by atoms with Crippen LogP contribution in [-0.2, 0) is 25.7 Å². The summed E-state index contributed by atoms with van der Waals surface area (Å²) in [5.74, 6) is -0.853. The molecule has 0 radical (unpaired) electrons. The van der Waals surface area contributed by atoms with E-state index in [1.54, 1.807) is 13.0 Å². The highest BCUT2D eigenvalue weighted by molar-refractivity contribution is 8.14. The number of aromatic nitrogens is 1. The molecule has 0 saturated heterocycles. The van der Waals surface area contributed by atoms with Gasteiger partial charge in [0.15, 0.2) is 0 Å². The summed E-state index contributed by atoms with van der Waals surface area (Å²) in [7, 11) is 0. The van der Waals surface area contributed by atoms with E-state index in [2.05, 4.69) is 20.6 Å². The van der Waals surface area contributed by atoms with Crippen molar-refractivity contribution in [3.05, 3.63) is 28.2 Å². The van der Waals surface area contributed by atoms with Crippen LogP contribution in [0.3, 0.4) is 0 Å². The van der Waals surface area contributed by atoms with Gasteiger partial charge in [-0.15, -0.1) is 23.1 Å². The minimum Gasteiger partial charge on any atom is -0.456 e. The Balaban J connectivity index is 1.92. The van der Waals surface area contributed by atoms with Gasteiger partial charge in [0.2, 0.25) is 11.8 Å². The van der Waals surface area contributed by atoms with E-state index < -0.39 is 23.7 Å². The van der Waals surface area contributed by atoms with Gasteiger partial charge in [-0.25, -0.2) is 9.78 Å². The van der Waals surface area contributed by atoms with E-state index in [4.69, 9.17) is 4.74 Å². The van der Waals surface area contributed by atoms with E-state index in [9.17, 15) is 14.4 Å². The zero-order valence-corrected chi connectivity index (χ0v) is 20.5. The van der Waals surface area contributed by atoms with Crippen molar-refractivity contribution < 1.29 is 19.1 Å². The van der Waals surface area contributed by atoms with Gasteiger partial charge in [0.25, 0.3) is 0 Å². The van der Waals surface area contributed by atoms with Crippen molar-refractivity contribution >= 4 is 45.9 Å². The SMILES string of the molecule is CCC/C=C/[C@@H]1CC(=O)NCc2nc(cs2)C2=N[C@@](C)(CS2)C(=O)N[C@@H](C(C)C)C(=O)O1. The Kier molecular flexibility index (Phi) is 8.10. The molecule has 8 nitrogen and oxygen atoms in total. The van der Waals surface area contributed by atoms with Gasteiger partial charge < -0.3 is 15.4 Å². The van der Waals surface area contributed by atoms with Gasteiger partial charge in [0.1, 0.15) is 33.4 Å². The smallest absolute Gasteiger partial charge is 0.329 e. The van der Waals surface area contributed by atoms with Crippen LogP contribution >= 0.6 is 23.1 Å². The van der Waals surface area contributed by atoms with Gasteiger partial charge >= 0.3 is 5.97 Å². The third-order valence-electron chi connectivity index (χ3n) is 5.20. The van der Waals surface area contributed by atoms with Crippen molar-refractivity contribution in [1.29, 1.82) is 0 Å². The molecule has 2 amide bonds. The summed E-state index contributed by atoms with van der Waals surface area (Å²) in [6.45, 7) is 7.78. The van der Waals surface area contributed by atoms with Crippen LogP contribution in [-0.4, -0.2) is 51.2 Å². The molecule has 0 aliphatic carbocycles. The predicted molar refractivity (Wildman–Crippen MR) is 127 cm³/mol. The van der Waals surface area contributed by atoms with E-state index in [0.717, 1.165) is 17.8 Å². The van der Waals surface area contributed by atoms with Crippen LogP contribution in [0, 0.1) is 5.92 Å². The summed E-state index contributed by atoms with van der Waals surface area (Å²) in [6, 6.07) is -0.840. The van der Waals surface area contributed by atoms with E-state index in [-0.39, 0.29) is 30.7 Å². The van der Waals surface area contributed by atoms with E-state index >= 15 is 0 Å². The Labute approximate surface area is 196 Å². The van der Waals surface area contributed by atoms with Crippen molar-refractivity contribution in [3.8, 4) is 0 Å². The number of carbonyl (C=O) groups is 3. The fraction of sp³-hybridized carbons (Fsp3) is 0.591. The molecular weight excluding hydrogens is 448 g/mol. The van der Waals surface area contributed by atoms with Crippen LogP contribution in [0.2, 0.25) is 0 Å². The molecule has 3 atom stereocenters. The average Bonchev–Trinajstić information content (AvgIpc) is 3.37. The molecule has 0 aromatic carbocycles. The van der Waals surface area contributed by atoms with Gasteiger partial charge in [0, 0.05) is 11.1 Å². The van der Waals surface area contributed by atoms with Crippen LogP contribution in [0.5, 0.6) is 0 Å². The number of amides is 2. The number of unbranched alkanes of at least 4 members (excludes halogenated alkanes) is 1. The van der Waals surface area contributed by atoms with Crippen molar-refractivity contribution in [2.24, 2.45) is 10.9 Å². The number of aliphatic imine (C=N–C) groups is 1. The Morgan fingerprint density at radius 1 is 1.34 bits per heavy atom. The van der Waals surface area contributed by atoms with Crippen molar-refractivity contribution in [3.63, 3.8) is 0 Å². The first-order chi connectivity index (χ1) is 15.2. The number of thioether (sulfide) groups is 1. The lowest BCUT2D eigenvalue weighted by atomic mass is 10.0. The monoisotopic (exact) mass is 478 g/mol. The van der Waals surface area contributed by atoms with Crippen LogP contribution in [0.4, 0.5) is 0 Å². The molecule has 2 N–H and O–H groups in total. The fourth-order valence-corrected chi connectivity index (χ4v) is 5.17. The maximum absolute atomic E-state index is 13.1. The number of carbonyl (C=O) groups excluding carboxylic acids is 3. The highest BCUT2D eigenvalue weighted by Gasteiger charge is 2.41. The van der Waals surface area contributed by atoms with Gasteiger partial charge in [-0.3, -0.25) is 14.6 Å². The third-order valence-corrected chi connectivity index (χ3v) is 7.33. The van der Waals surface area contributed by atoms with Crippen molar-refractivity contribution in [1.82, 2.24) is 15.6 Å². The number of nitrogens with zero attached hydrogens (tertiary/aromatic N) is 2. The fourth-order valence-electron chi connectivity index (χ4n) is 3.25. The maximum Gasteiger partial charge on any atom is 0.329 e. The minimum atomic E-state index is -0.997. The van der Waals surface area contributed by atoms with Crippen LogP contribution in [0.1, 0.15) is 57.7 Å². The molecule has 0 saturated carbocycles. The van der Waals surface area contributed by atoms with E-state index in [1.165, 1.54) is 23.1 Å². The number of cyclic esters (lactones) is 1. The van der Waals surface area contributed by atoms with Gasteiger partial charge in [0.05, 0.1) is 13.0 Å². The zero-order valence-electron chi connectivity index (χ0n) is 18.8. The van der Waals surface area contributed by atoms with Gasteiger partial charge in [-0.1, -0.05) is 33.3 Å². The Morgan fingerprint density at radius 2 is 2.12 bits per heavy atom. The molecule has 2 aliphatic heterocycles. The highest BCUT2D eigenvalue weighted by atomic mass is 32.2. The Hall–Kier alpha value is -2.20. The largest absolute Gasteiger partial charge is 0.456 e. The topological polar surface area (TPSA) is 110 Å². The molecule has 3 heterocycles. The minimum absolute atomic E-state index is 0.00320. The molecular formula is C22H30N4O4S2. The number of hydrogen-bond donors (Lipinski definition) is 2. The molecule has 10 heteroatoms. The molecule has 32 heavy (non-hydrogen) atoms. The number of thiazole rings is 1. The number of esters is 1. The van der Waals surface area contributed by atoms with Crippen LogP contribution in [0.15, 0.2) is 22.5 Å². The predicted octanol–water partition coefficient (Wildman–Crippen LogP) is 2.82. The maximum atomic E-state index is 13.1. The number of hydrogen-bond acceptors (Lipinski definition) is 8. The standard InChI is InChI=1S/C22H30N4O4S2/c1-5-6-7-8-14-9-16(27)23-10-17-24-15(11-31-17)19-26-22(4,12-32-19)21(29)25-18(13(2)3)20(28)30-14/h7-8,11,13-14,18H,5-6,9-10,12H2,1-4H3,(H,23,27)(H,25,29)/b8-7+/t14-,18+,22+/m1/s1. The number of allylic oxidation sites excluding steroid dienone is 1. The molecule has 0 fully saturated rings. The van der Waals surface area contributed by atoms with Crippen molar-refractivity contribution in [2.75, 3.05) is 5.75 Å². The number of rotatable bonds is 4. The zero-order chi connectivity index (χ0) is 23.3. The molecule has 174 valence electrons. The second-order valence-corrected chi connectivity index (χ2v) is 10.4. The average molecular weight is 479 g/mol. The second-order valence-electron chi connectivity index (χ2n) is 8.47. The molecule has 1 aromatic rings. The summed E-state index contributed by atoms with van der Waals surface area (Å²) >= 11 is 2.89. The summed E-state index contributed by atoms with van der Waals surface area (Å²) in [5, 5.41) is 9.01. The number of fused-ring (bicyclic) bond motifs is 4. The van der Waals surface area contributed by atoms with Crippen molar-refractivity contribution in [2.45, 2.75) is 71.2 Å². The third kappa shape index (κ3) is 5.98. The first-order valence-corrected chi connectivity index (χ1v) is 12.7. The van der Waals surface area contributed by atoms with Gasteiger partial charge in [-0.05, 0) is 25.3 Å². The Morgan fingerprint density at radius 3 is 2.84 bits per heavy atom. The number of ether oxygens (including phenoxy) is 1. The lowest BCUT2D eigenvalue weighted by Crippen LogP contribution is -2.53. The molecule has 0 unspecified atom stereocenters. The van der Waals surface area contributed by atoms with Crippen LogP contribution < -0.4 is 10.6 Å². The molecule has 1 aromatic heterocycles. The molecule has 4 bridgehead atoms. The first-order valence-electron chi connectivity index (χ1n) is 10.8. The lowest BCUT2D eigenvalue weighted by Gasteiger charge is -2.27. The summed E-state index contributed by atoms with van der Waals surface area (Å²) in [5.41, 5.74) is -0.295. The summed E-state index contributed by atoms with van der Waals surface area (Å²) < 4.78 is 5.68.